The van der Waals surface area contributed by atoms with Crippen molar-refractivity contribution in [2.24, 2.45) is 0 Å². The van der Waals surface area contributed by atoms with Crippen LogP contribution in [0.1, 0.15) is 12.6 Å². The van der Waals surface area contributed by atoms with Gasteiger partial charge in [-0.1, -0.05) is 0 Å². The molecule has 1 amide bonds. The molecule has 1 aromatic rings. The van der Waals surface area contributed by atoms with Crippen LogP contribution in [0.3, 0.4) is 0 Å². The van der Waals surface area contributed by atoms with E-state index >= 15 is 0 Å². The molecule has 0 unspecified atom stereocenters. The van der Waals surface area contributed by atoms with Gasteiger partial charge in [-0.2, -0.15) is 4.98 Å². The number of aryl methyl sites for hydroxylation is 1. The molecular formula is C11H17N5O. The molecule has 2 rings (SSSR count). The van der Waals surface area contributed by atoms with Crippen molar-refractivity contribution in [2.75, 3.05) is 36.8 Å². The lowest BCUT2D eigenvalue weighted by molar-refractivity contribution is -0.129. The molecule has 2 heterocycles. The molecule has 0 saturated carbocycles. The number of hydrogen-bond acceptors (Lipinski definition) is 5. The maximum atomic E-state index is 11.2. The molecule has 1 aliphatic rings. The third-order valence-corrected chi connectivity index (χ3v) is 2.87. The number of aromatic nitrogens is 2. The van der Waals surface area contributed by atoms with E-state index in [1.54, 1.807) is 13.0 Å². The van der Waals surface area contributed by atoms with E-state index in [2.05, 4.69) is 14.9 Å². The predicted octanol–water partition coefficient (Wildman–Crippen LogP) is 0.0357. The zero-order valence-electron chi connectivity index (χ0n) is 10.2. The summed E-state index contributed by atoms with van der Waals surface area (Å²) in [4.78, 5) is 23.7. The first-order valence-electron chi connectivity index (χ1n) is 5.68. The molecule has 0 atom stereocenters. The Balaban J connectivity index is 2.07. The van der Waals surface area contributed by atoms with E-state index in [9.17, 15) is 4.79 Å². The Bertz CT molecular complexity index is 406. The van der Waals surface area contributed by atoms with E-state index in [-0.39, 0.29) is 5.91 Å². The largest absolute Gasteiger partial charge is 0.384 e. The van der Waals surface area contributed by atoms with Gasteiger partial charge in [0.25, 0.3) is 0 Å². The van der Waals surface area contributed by atoms with E-state index in [0.29, 0.717) is 24.9 Å². The van der Waals surface area contributed by atoms with Gasteiger partial charge in [-0.3, -0.25) is 4.79 Å². The standard InChI is InChI=1S/C11H17N5O/c1-8-7-10(12)14-11(13-8)16-5-3-15(4-6-16)9(2)17/h7H,3-6H2,1-2H3,(H2,12,13,14). The SMILES string of the molecule is CC(=O)N1CCN(c2nc(C)cc(N)n2)CC1. The highest BCUT2D eigenvalue weighted by Crippen LogP contribution is 2.13. The molecule has 1 saturated heterocycles. The molecule has 1 aliphatic heterocycles. The normalized spacial score (nSPS) is 16.1. The lowest BCUT2D eigenvalue weighted by Crippen LogP contribution is -2.48. The first kappa shape index (κ1) is 11.6. The molecule has 6 heteroatoms. The zero-order chi connectivity index (χ0) is 12.4. The molecule has 92 valence electrons. The Kier molecular flexibility index (Phi) is 3.12. The van der Waals surface area contributed by atoms with Crippen molar-refractivity contribution in [3.63, 3.8) is 0 Å². The van der Waals surface area contributed by atoms with E-state index in [4.69, 9.17) is 5.73 Å². The summed E-state index contributed by atoms with van der Waals surface area (Å²) in [5.74, 6) is 1.27. The molecule has 1 aromatic heterocycles. The lowest BCUT2D eigenvalue weighted by Gasteiger charge is -2.34. The van der Waals surface area contributed by atoms with E-state index in [0.717, 1.165) is 18.8 Å². The van der Waals surface area contributed by atoms with Gasteiger partial charge < -0.3 is 15.5 Å². The molecule has 0 aromatic carbocycles. The highest BCUT2D eigenvalue weighted by molar-refractivity contribution is 5.73. The minimum absolute atomic E-state index is 0.120. The van der Waals surface area contributed by atoms with Crippen molar-refractivity contribution in [2.45, 2.75) is 13.8 Å². The molecular weight excluding hydrogens is 218 g/mol. The van der Waals surface area contributed by atoms with Gasteiger partial charge in [-0.05, 0) is 6.92 Å². The average molecular weight is 235 g/mol. The second-order valence-corrected chi connectivity index (χ2v) is 4.23. The van der Waals surface area contributed by atoms with Gasteiger partial charge in [0.2, 0.25) is 11.9 Å². The summed E-state index contributed by atoms with van der Waals surface area (Å²) in [6, 6.07) is 1.75. The number of anilines is 2. The zero-order valence-corrected chi connectivity index (χ0v) is 10.2. The van der Waals surface area contributed by atoms with E-state index in [1.165, 1.54) is 0 Å². The van der Waals surface area contributed by atoms with Crippen LogP contribution in [0.5, 0.6) is 0 Å². The molecule has 17 heavy (non-hydrogen) atoms. The van der Waals surface area contributed by atoms with Crippen LogP contribution in [0, 0.1) is 6.92 Å². The molecule has 0 spiro atoms. The summed E-state index contributed by atoms with van der Waals surface area (Å²) in [6.45, 7) is 6.42. The van der Waals surface area contributed by atoms with Crippen molar-refractivity contribution in [1.82, 2.24) is 14.9 Å². The number of carbonyl (C=O) groups excluding carboxylic acids is 1. The number of rotatable bonds is 1. The van der Waals surface area contributed by atoms with Crippen LogP contribution in [0.4, 0.5) is 11.8 Å². The summed E-state index contributed by atoms with van der Waals surface area (Å²) in [5.41, 5.74) is 6.56. The highest BCUT2D eigenvalue weighted by Gasteiger charge is 2.20. The number of hydrogen-bond donors (Lipinski definition) is 1. The Morgan fingerprint density at radius 3 is 2.47 bits per heavy atom. The summed E-state index contributed by atoms with van der Waals surface area (Å²) >= 11 is 0. The molecule has 6 nitrogen and oxygen atoms in total. The Morgan fingerprint density at radius 1 is 1.29 bits per heavy atom. The molecule has 2 N–H and O–H groups in total. The minimum Gasteiger partial charge on any atom is -0.384 e. The lowest BCUT2D eigenvalue weighted by atomic mass is 10.3. The first-order chi connectivity index (χ1) is 8.06. The monoisotopic (exact) mass is 235 g/mol. The van der Waals surface area contributed by atoms with E-state index in [1.807, 2.05) is 11.8 Å². The van der Waals surface area contributed by atoms with Crippen LogP contribution in [0.15, 0.2) is 6.07 Å². The number of nitrogens with zero attached hydrogens (tertiary/aromatic N) is 4. The summed E-state index contributed by atoms with van der Waals surface area (Å²) < 4.78 is 0. The second kappa shape index (κ2) is 4.57. The van der Waals surface area contributed by atoms with Gasteiger partial charge in [-0.25, -0.2) is 4.98 Å². The van der Waals surface area contributed by atoms with Gasteiger partial charge in [-0.15, -0.1) is 0 Å². The fourth-order valence-corrected chi connectivity index (χ4v) is 1.94. The smallest absolute Gasteiger partial charge is 0.227 e. The topological polar surface area (TPSA) is 75.4 Å². The predicted molar refractivity (Wildman–Crippen MR) is 65.6 cm³/mol. The van der Waals surface area contributed by atoms with Gasteiger partial charge in [0, 0.05) is 44.9 Å². The van der Waals surface area contributed by atoms with Crippen LogP contribution >= 0.6 is 0 Å². The van der Waals surface area contributed by atoms with Gasteiger partial charge in [0.15, 0.2) is 0 Å². The van der Waals surface area contributed by atoms with Crippen molar-refractivity contribution in [3.8, 4) is 0 Å². The van der Waals surface area contributed by atoms with Crippen molar-refractivity contribution >= 4 is 17.7 Å². The summed E-state index contributed by atoms with van der Waals surface area (Å²) in [7, 11) is 0. The Morgan fingerprint density at radius 2 is 1.94 bits per heavy atom. The van der Waals surface area contributed by atoms with E-state index < -0.39 is 0 Å². The number of carbonyl (C=O) groups is 1. The number of amides is 1. The van der Waals surface area contributed by atoms with Crippen molar-refractivity contribution < 1.29 is 4.79 Å². The molecule has 0 aliphatic carbocycles. The van der Waals surface area contributed by atoms with Gasteiger partial charge in [0.1, 0.15) is 5.82 Å². The number of nitrogens with two attached hydrogens (primary N) is 1. The molecule has 0 radical (unpaired) electrons. The molecule has 1 fully saturated rings. The number of nitrogen functional groups attached to an aromatic ring is 1. The van der Waals surface area contributed by atoms with Crippen LogP contribution in [0.25, 0.3) is 0 Å². The first-order valence-corrected chi connectivity index (χ1v) is 5.68. The number of piperazine rings is 1. The van der Waals surface area contributed by atoms with Crippen molar-refractivity contribution in [3.05, 3.63) is 11.8 Å². The minimum atomic E-state index is 0.120. The average Bonchev–Trinajstić information content (AvgIpc) is 2.28. The highest BCUT2D eigenvalue weighted by atomic mass is 16.2. The van der Waals surface area contributed by atoms with Crippen LogP contribution < -0.4 is 10.6 Å². The Labute approximate surface area is 100 Å². The summed E-state index contributed by atoms with van der Waals surface area (Å²) in [5, 5.41) is 0. The fourth-order valence-electron chi connectivity index (χ4n) is 1.94. The van der Waals surface area contributed by atoms with Crippen LogP contribution in [0.2, 0.25) is 0 Å². The maximum Gasteiger partial charge on any atom is 0.227 e. The maximum absolute atomic E-state index is 11.2. The van der Waals surface area contributed by atoms with Crippen LogP contribution in [-0.4, -0.2) is 47.0 Å². The van der Waals surface area contributed by atoms with Gasteiger partial charge >= 0.3 is 0 Å². The Hall–Kier alpha value is -1.85. The van der Waals surface area contributed by atoms with Crippen LogP contribution in [-0.2, 0) is 4.79 Å². The molecule has 0 bridgehead atoms. The fraction of sp³-hybridized carbons (Fsp3) is 0.545. The second-order valence-electron chi connectivity index (χ2n) is 4.23. The third kappa shape index (κ3) is 2.64. The third-order valence-electron chi connectivity index (χ3n) is 2.87. The summed E-state index contributed by atoms with van der Waals surface area (Å²) in [6.07, 6.45) is 0. The van der Waals surface area contributed by atoms with Crippen molar-refractivity contribution in [1.29, 1.82) is 0 Å². The van der Waals surface area contributed by atoms with Gasteiger partial charge in [0.05, 0.1) is 0 Å². The quantitative estimate of drug-likeness (QED) is 0.743.